The third-order valence-corrected chi connectivity index (χ3v) is 3.35. The molecule has 0 bridgehead atoms. The van der Waals surface area contributed by atoms with Crippen molar-refractivity contribution in [2.45, 2.75) is 0 Å². The second-order valence-corrected chi connectivity index (χ2v) is 4.88. The highest BCUT2D eigenvalue weighted by Crippen LogP contribution is 2.40. The normalized spacial score (nSPS) is 10.5. The molecule has 0 saturated carbocycles. The van der Waals surface area contributed by atoms with E-state index in [4.69, 9.17) is 5.53 Å². The number of hydrogen-bond donors (Lipinski definition) is 0. The summed E-state index contributed by atoms with van der Waals surface area (Å²) in [5.41, 5.74) is 11.0. The molecule has 0 spiro atoms. The molecule has 0 heterocycles. The Labute approximate surface area is 137 Å². The minimum absolute atomic E-state index is 0.241. The second-order valence-electron chi connectivity index (χ2n) is 4.88. The van der Waals surface area contributed by atoms with E-state index in [2.05, 4.69) is 20.3 Å². The van der Waals surface area contributed by atoms with Crippen molar-refractivity contribution >= 4 is 17.1 Å². The summed E-state index contributed by atoms with van der Waals surface area (Å²) in [6.45, 7) is 0. The molecular formula is C18H12FN5. The van der Waals surface area contributed by atoms with Crippen molar-refractivity contribution in [3.8, 4) is 11.1 Å². The van der Waals surface area contributed by atoms with Gasteiger partial charge in [-0.2, -0.15) is 10.2 Å². The number of rotatable bonds is 4. The Morgan fingerprint density at radius 3 is 2.21 bits per heavy atom. The summed E-state index contributed by atoms with van der Waals surface area (Å²) in [7, 11) is 0. The fraction of sp³-hybridized carbons (Fsp3) is 0. The van der Waals surface area contributed by atoms with Gasteiger partial charge in [-0.15, -0.1) is 0 Å². The van der Waals surface area contributed by atoms with E-state index in [1.165, 1.54) is 6.07 Å². The third-order valence-electron chi connectivity index (χ3n) is 3.35. The lowest BCUT2D eigenvalue weighted by molar-refractivity contribution is 0.631. The lowest BCUT2D eigenvalue weighted by atomic mass is 10.0. The minimum Gasteiger partial charge on any atom is -0.206 e. The topological polar surface area (TPSA) is 73.5 Å². The monoisotopic (exact) mass is 317 g/mol. The molecule has 3 rings (SSSR count). The molecule has 0 aliphatic carbocycles. The first-order chi connectivity index (χ1) is 11.8. The summed E-state index contributed by atoms with van der Waals surface area (Å²) in [4.78, 5) is 2.84. The summed E-state index contributed by atoms with van der Waals surface area (Å²) >= 11 is 0. The van der Waals surface area contributed by atoms with E-state index in [0.29, 0.717) is 22.5 Å². The zero-order chi connectivity index (χ0) is 16.8. The Bertz CT molecular complexity index is 931. The van der Waals surface area contributed by atoms with Gasteiger partial charge in [0.25, 0.3) is 0 Å². The van der Waals surface area contributed by atoms with Gasteiger partial charge in [-0.3, -0.25) is 0 Å². The standard InChI is InChI=1S/C18H12FN5/c19-16-11-5-4-9-14(16)15-10-6-12-17(18(15)23-24-20)22-21-13-7-2-1-3-8-13/h1-12H. The highest BCUT2D eigenvalue weighted by molar-refractivity contribution is 5.83. The number of azide groups is 1. The number of azo groups is 1. The van der Waals surface area contributed by atoms with E-state index in [-0.39, 0.29) is 5.69 Å². The molecule has 0 N–H and O–H groups in total. The van der Waals surface area contributed by atoms with Crippen LogP contribution in [0.25, 0.3) is 21.6 Å². The first kappa shape index (κ1) is 15.4. The molecule has 0 amide bonds. The van der Waals surface area contributed by atoms with Gasteiger partial charge in [-0.25, -0.2) is 4.39 Å². The molecule has 0 aliphatic rings. The molecule has 0 unspecified atom stereocenters. The van der Waals surface area contributed by atoms with Crippen LogP contribution in [0.1, 0.15) is 0 Å². The SMILES string of the molecule is [N-]=[N+]=Nc1c(N=Nc2ccccc2)cccc1-c1ccccc1F. The van der Waals surface area contributed by atoms with Gasteiger partial charge in [-0.1, -0.05) is 53.6 Å². The smallest absolute Gasteiger partial charge is 0.131 e. The fourth-order valence-corrected chi connectivity index (χ4v) is 2.27. The molecule has 5 nitrogen and oxygen atoms in total. The van der Waals surface area contributed by atoms with Gasteiger partial charge in [0.05, 0.1) is 17.1 Å². The van der Waals surface area contributed by atoms with Crippen molar-refractivity contribution in [3.05, 3.63) is 89.1 Å². The summed E-state index contributed by atoms with van der Waals surface area (Å²) in [6, 6.07) is 20.5. The largest absolute Gasteiger partial charge is 0.206 e. The average Bonchev–Trinajstić information content (AvgIpc) is 2.62. The number of nitrogens with zero attached hydrogens (tertiary/aromatic N) is 5. The van der Waals surface area contributed by atoms with Crippen molar-refractivity contribution in [3.63, 3.8) is 0 Å². The molecule has 0 fully saturated rings. The van der Waals surface area contributed by atoms with E-state index < -0.39 is 5.82 Å². The van der Waals surface area contributed by atoms with Crippen molar-refractivity contribution in [2.75, 3.05) is 0 Å². The zero-order valence-electron chi connectivity index (χ0n) is 12.5. The van der Waals surface area contributed by atoms with Gasteiger partial charge in [0.1, 0.15) is 5.82 Å². The Kier molecular flexibility index (Phi) is 4.60. The zero-order valence-corrected chi connectivity index (χ0v) is 12.5. The highest BCUT2D eigenvalue weighted by atomic mass is 19.1. The van der Waals surface area contributed by atoms with Crippen LogP contribution in [0.5, 0.6) is 0 Å². The van der Waals surface area contributed by atoms with Gasteiger partial charge in [0, 0.05) is 10.5 Å². The van der Waals surface area contributed by atoms with E-state index >= 15 is 0 Å². The van der Waals surface area contributed by atoms with Crippen LogP contribution >= 0.6 is 0 Å². The average molecular weight is 317 g/mol. The molecule has 3 aromatic carbocycles. The maximum atomic E-state index is 14.1. The van der Waals surface area contributed by atoms with Crippen LogP contribution in [-0.2, 0) is 0 Å². The van der Waals surface area contributed by atoms with E-state index in [1.54, 1.807) is 48.5 Å². The second kappa shape index (κ2) is 7.17. The molecule has 0 radical (unpaired) electrons. The summed E-state index contributed by atoms with van der Waals surface area (Å²) in [5.74, 6) is -0.399. The Morgan fingerprint density at radius 1 is 0.750 bits per heavy atom. The number of halogens is 1. The lowest BCUT2D eigenvalue weighted by Gasteiger charge is -2.08. The fourth-order valence-electron chi connectivity index (χ4n) is 2.27. The molecule has 3 aromatic rings. The van der Waals surface area contributed by atoms with Crippen LogP contribution in [-0.4, -0.2) is 0 Å². The summed E-state index contributed by atoms with van der Waals surface area (Å²) < 4.78 is 14.1. The molecule has 0 atom stereocenters. The molecule has 116 valence electrons. The van der Waals surface area contributed by atoms with Gasteiger partial charge in [-0.05, 0) is 35.4 Å². The first-order valence-electron chi connectivity index (χ1n) is 7.19. The van der Waals surface area contributed by atoms with Crippen molar-refractivity contribution in [1.82, 2.24) is 0 Å². The number of benzene rings is 3. The molecule has 6 heteroatoms. The lowest BCUT2D eigenvalue weighted by Crippen LogP contribution is -1.84. The van der Waals surface area contributed by atoms with Gasteiger partial charge in [0.2, 0.25) is 0 Å². The quantitative estimate of drug-likeness (QED) is 0.287. The predicted molar refractivity (Wildman–Crippen MR) is 91.3 cm³/mol. The maximum Gasteiger partial charge on any atom is 0.131 e. The Balaban J connectivity index is 2.11. The Morgan fingerprint density at radius 2 is 1.46 bits per heavy atom. The maximum absolute atomic E-state index is 14.1. The van der Waals surface area contributed by atoms with Crippen LogP contribution in [0, 0.1) is 5.82 Å². The van der Waals surface area contributed by atoms with Crippen LogP contribution in [0.4, 0.5) is 21.5 Å². The predicted octanol–water partition coefficient (Wildman–Crippen LogP) is 6.85. The van der Waals surface area contributed by atoms with Crippen molar-refractivity contribution in [2.24, 2.45) is 15.3 Å². The molecule has 24 heavy (non-hydrogen) atoms. The van der Waals surface area contributed by atoms with Crippen molar-refractivity contribution in [1.29, 1.82) is 0 Å². The molecule has 0 saturated heterocycles. The van der Waals surface area contributed by atoms with Crippen LogP contribution in [0.3, 0.4) is 0 Å². The van der Waals surface area contributed by atoms with Gasteiger partial charge in [0.15, 0.2) is 0 Å². The van der Waals surface area contributed by atoms with E-state index in [9.17, 15) is 4.39 Å². The van der Waals surface area contributed by atoms with E-state index in [0.717, 1.165) is 0 Å². The minimum atomic E-state index is -0.399. The number of hydrogen-bond acceptors (Lipinski definition) is 3. The van der Waals surface area contributed by atoms with Gasteiger partial charge >= 0.3 is 0 Å². The third kappa shape index (κ3) is 3.29. The summed E-state index contributed by atoms with van der Waals surface area (Å²) in [6.07, 6.45) is 0. The molecular weight excluding hydrogens is 305 g/mol. The first-order valence-corrected chi connectivity index (χ1v) is 7.19. The van der Waals surface area contributed by atoms with Crippen LogP contribution < -0.4 is 0 Å². The van der Waals surface area contributed by atoms with Crippen LogP contribution in [0.2, 0.25) is 0 Å². The molecule has 0 aromatic heterocycles. The van der Waals surface area contributed by atoms with Crippen molar-refractivity contribution < 1.29 is 4.39 Å². The highest BCUT2D eigenvalue weighted by Gasteiger charge is 2.12. The van der Waals surface area contributed by atoms with Gasteiger partial charge < -0.3 is 0 Å². The van der Waals surface area contributed by atoms with Crippen LogP contribution in [0.15, 0.2) is 88.1 Å². The molecule has 0 aliphatic heterocycles. The van der Waals surface area contributed by atoms with E-state index in [1.807, 2.05) is 18.2 Å². The Hall–Kier alpha value is -3.50. The summed E-state index contributed by atoms with van der Waals surface area (Å²) in [5, 5.41) is 12.0.